The molecule has 2 rings (SSSR count). The van der Waals surface area contributed by atoms with Gasteiger partial charge in [0.15, 0.2) is 0 Å². The summed E-state index contributed by atoms with van der Waals surface area (Å²) in [5.41, 5.74) is 8.43. The first-order valence-electron chi connectivity index (χ1n) is 6.87. The molecule has 1 aliphatic heterocycles. The second-order valence-corrected chi connectivity index (χ2v) is 5.06. The Morgan fingerprint density at radius 2 is 2.11 bits per heavy atom. The number of hydrogen-bond acceptors (Lipinski definition) is 3. The predicted octanol–water partition coefficient (Wildman–Crippen LogP) is 2.11. The minimum absolute atomic E-state index is 0.193. The van der Waals surface area contributed by atoms with Gasteiger partial charge in [-0.1, -0.05) is 36.8 Å². The van der Waals surface area contributed by atoms with Crippen molar-refractivity contribution in [3.05, 3.63) is 35.4 Å². The van der Waals surface area contributed by atoms with Crippen molar-refractivity contribution < 1.29 is 4.74 Å². The van der Waals surface area contributed by atoms with E-state index in [1.54, 1.807) is 0 Å². The Labute approximate surface area is 110 Å². The topological polar surface area (TPSA) is 38.5 Å². The van der Waals surface area contributed by atoms with Crippen LogP contribution in [0, 0.1) is 6.92 Å². The molecule has 1 aromatic rings. The van der Waals surface area contributed by atoms with Crippen LogP contribution >= 0.6 is 0 Å². The summed E-state index contributed by atoms with van der Waals surface area (Å²) in [6.07, 6.45) is 1.32. The van der Waals surface area contributed by atoms with Gasteiger partial charge in [-0.05, 0) is 18.9 Å². The molecule has 2 atom stereocenters. The zero-order valence-corrected chi connectivity index (χ0v) is 11.4. The molecule has 18 heavy (non-hydrogen) atoms. The normalized spacial score (nSPS) is 22.9. The van der Waals surface area contributed by atoms with Crippen LogP contribution in [0.5, 0.6) is 0 Å². The number of nitrogens with zero attached hydrogens (tertiary/aromatic N) is 1. The highest BCUT2D eigenvalue weighted by atomic mass is 16.5. The molecule has 100 valence electrons. The molecule has 1 aromatic carbocycles. The van der Waals surface area contributed by atoms with Gasteiger partial charge in [0.2, 0.25) is 0 Å². The van der Waals surface area contributed by atoms with Crippen molar-refractivity contribution in [1.29, 1.82) is 0 Å². The van der Waals surface area contributed by atoms with Crippen molar-refractivity contribution in [2.24, 2.45) is 5.73 Å². The Balaban J connectivity index is 2.10. The number of rotatable bonds is 4. The summed E-state index contributed by atoms with van der Waals surface area (Å²) < 4.78 is 5.64. The standard InChI is InChI=1S/C15H24N2O/c1-3-15(13-6-4-12(2)5-7-13)17-8-9-18-14(10-16)11-17/h4-7,14-15H,3,8-11,16H2,1-2H3. The van der Waals surface area contributed by atoms with E-state index >= 15 is 0 Å². The lowest BCUT2D eigenvalue weighted by molar-refractivity contribution is -0.0396. The van der Waals surface area contributed by atoms with Crippen LogP contribution in [-0.4, -0.2) is 37.2 Å². The van der Waals surface area contributed by atoms with E-state index in [4.69, 9.17) is 10.5 Å². The summed E-state index contributed by atoms with van der Waals surface area (Å²) in [5.74, 6) is 0. The maximum absolute atomic E-state index is 5.71. The van der Waals surface area contributed by atoms with Crippen molar-refractivity contribution in [2.75, 3.05) is 26.2 Å². The summed E-state index contributed by atoms with van der Waals surface area (Å²) in [4.78, 5) is 2.51. The number of benzene rings is 1. The number of aryl methyl sites for hydroxylation is 1. The molecule has 0 aromatic heterocycles. The van der Waals surface area contributed by atoms with Crippen LogP contribution in [-0.2, 0) is 4.74 Å². The Kier molecular flexibility index (Phi) is 4.75. The zero-order valence-electron chi connectivity index (χ0n) is 11.4. The number of ether oxygens (including phenoxy) is 1. The van der Waals surface area contributed by atoms with Gasteiger partial charge in [-0.2, -0.15) is 0 Å². The molecule has 1 saturated heterocycles. The Morgan fingerprint density at radius 3 is 2.72 bits per heavy atom. The van der Waals surface area contributed by atoms with Gasteiger partial charge in [-0.15, -0.1) is 0 Å². The van der Waals surface area contributed by atoms with E-state index in [0.717, 1.165) is 26.1 Å². The van der Waals surface area contributed by atoms with E-state index in [2.05, 4.69) is 43.0 Å². The van der Waals surface area contributed by atoms with Crippen LogP contribution in [0.3, 0.4) is 0 Å². The average Bonchev–Trinajstić information content (AvgIpc) is 2.42. The third-order valence-corrected chi connectivity index (χ3v) is 3.72. The van der Waals surface area contributed by atoms with Crippen LogP contribution in [0.15, 0.2) is 24.3 Å². The molecule has 0 saturated carbocycles. The van der Waals surface area contributed by atoms with Crippen LogP contribution in [0.1, 0.15) is 30.5 Å². The van der Waals surface area contributed by atoms with Gasteiger partial charge in [0.25, 0.3) is 0 Å². The van der Waals surface area contributed by atoms with E-state index in [1.165, 1.54) is 11.1 Å². The maximum Gasteiger partial charge on any atom is 0.0824 e. The van der Waals surface area contributed by atoms with Crippen LogP contribution < -0.4 is 5.73 Å². The fraction of sp³-hybridized carbons (Fsp3) is 0.600. The van der Waals surface area contributed by atoms with Crippen molar-refractivity contribution in [2.45, 2.75) is 32.4 Å². The minimum Gasteiger partial charge on any atom is -0.374 e. The van der Waals surface area contributed by atoms with Gasteiger partial charge < -0.3 is 10.5 Å². The monoisotopic (exact) mass is 248 g/mol. The molecule has 3 nitrogen and oxygen atoms in total. The highest BCUT2D eigenvalue weighted by molar-refractivity contribution is 5.24. The third-order valence-electron chi connectivity index (χ3n) is 3.72. The molecule has 2 unspecified atom stereocenters. The number of morpholine rings is 1. The number of hydrogen-bond donors (Lipinski definition) is 1. The summed E-state index contributed by atoms with van der Waals surface area (Å²) in [6.45, 7) is 7.73. The van der Waals surface area contributed by atoms with Gasteiger partial charge in [0.1, 0.15) is 0 Å². The highest BCUT2D eigenvalue weighted by Crippen LogP contribution is 2.26. The molecule has 3 heteroatoms. The largest absolute Gasteiger partial charge is 0.374 e. The van der Waals surface area contributed by atoms with E-state index in [9.17, 15) is 0 Å². The Hall–Kier alpha value is -0.900. The summed E-state index contributed by atoms with van der Waals surface area (Å²) in [5, 5.41) is 0. The first-order valence-corrected chi connectivity index (χ1v) is 6.87. The molecular formula is C15H24N2O. The van der Waals surface area contributed by atoms with Gasteiger partial charge in [-0.25, -0.2) is 0 Å². The van der Waals surface area contributed by atoms with Crippen molar-refractivity contribution in [3.63, 3.8) is 0 Å². The van der Waals surface area contributed by atoms with Crippen molar-refractivity contribution in [1.82, 2.24) is 4.90 Å². The molecule has 0 bridgehead atoms. The third kappa shape index (κ3) is 3.10. The molecule has 2 N–H and O–H groups in total. The first-order chi connectivity index (χ1) is 8.74. The molecule has 1 aliphatic rings. The maximum atomic E-state index is 5.71. The van der Waals surface area contributed by atoms with Crippen molar-refractivity contribution in [3.8, 4) is 0 Å². The second-order valence-electron chi connectivity index (χ2n) is 5.06. The lowest BCUT2D eigenvalue weighted by atomic mass is 10.0. The molecule has 0 amide bonds. The smallest absolute Gasteiger partial charge is 0.0824 e. The van der Waals surface area contributed by atoms with Gasteiger partial charge in [0, 0.05) is 25.7 Å². The lowest BCUT2D eigenvalue weighted by Crippen LogP contribution is -2.46. The van der Waals surface area contributed by atoms with E-state index in [-0.39, 0.29) is 6.10 Å². The molecule has 0 spiro atoms. The zero-order chi connectivity index (χ0) is 13.0. The summed E-state index contributed by atoms with van der Waals surface area (Å²) >= 11 is 0. The van der Waals surface area contributed by atoms with Gasteiger partial charge in [-0.3, -0.25) is 4.90 Å². The molecule has 1 heterocycles. The van der Waals surface area contributed by atoms with Gasteiger partial charge in [0.05, 0.1) is 12.7 Å². The second kappa shape index (κ2) is 6.32. The molecular weight excluding hydrogens is 224 g/mol. The van der Waals surface area contributed by atoms with Crippen molar-refractivity contribution >= 4 is 0 Å². The van der Waals surface area contributed by atoms with E-state index in [0.29, 0.717) is 12.6 Å². The van der Waals surface area contributed by atoms with E-state index < -0.39 is 0 Å². The lowest BCUT2D eigenvalue weighted by Gasteiger charge is -2.38. The average molecular weight is 248 g/mol. The van der Waals surface area contributed by atoms with Crippen LogP contribution in [0.4, 0.5) is 0 Å². The minimum atomic E-state index is 0.193. The highest BCUT2D eigenvalue weighted by Gasteiger charge is 2.25. The summed E-state index contributed by atoms with van der Waals surface area (Å²) in [6, 6.07) is 9.37. The Morgan fingerprint density at radius 1 is 1.39 bits per heavy atom. The van der Waals surface area contributed by atoms with Crippen LogP contribution in [0.2, 0.25) is 0 Å². The fourth-order valence-corrected chi connectivity index (χ4v) is 2.66. The fourth-order valence-electron chi connectivity index (χ4n) is 2.66. The first kappa shape index (κ1) is 13.5. The SMILES string of the molecule is CCC(c1ccc(C)cc1)N1CCOC(CN)C1. The predicted molar refractivity (Wildman–Crippen MR) is 74.6 cm³/mol. The van der Waals surface area contributed by atoms with Gasteiger partial charge >= 0.3 is 0 Å². The molecule has 0 aliphatic carbocycles. The van der Waals surface area contributed by atoms with E-state index in [1.807, 2.05) is 0 Å². The number of nitrogens with two attached hydrogens (primary N) is 1. The Bertz CT molecular complexity index is 363. The van der Waals surface area contributed by atoms with Crippen LogP contribution in [0.25, 0.3) is 0 Å². The summed E-state index contributed by atoms with van der Waals surface area (Å²) in [7, 11) is 0. The molecule has 0 radical (unpaired) electrons. The molecule has 1 fully saturated rings. The quantitative estimate of drug-likeness (QED) is 0.887.